The SMILES string of the molecule is Cc1cc(C)cc(OCC(=O)c2c(C)c(C#N)c(=O)n(Cc3ccccc3Cl)c2O)c1. The molecule has 0 unspecified atom stereocenters. The van der Waals surface area contributed by atoms with Gasteiger partial charge in [0.2, 0.25) is 11.7 Å². The molecule has 3 rings (SSSR count). The molecular formula is C24H21ClN2O4. The van der Waals surface area contributed by atoms with E-state index in [2.05, 4.69) is 0 Å². The molecule has 0 saturated carbocycles. The number of aryl methyl sites for hydroxylation is 2. The molecule has 1 N–H and O–H groups in total. The molecule has 158 valence electrons. The number of rotatable bonds is 6. The predicted molar refractivity (Wildman–Crippen MR) is 118 cm³/mol. The second-order valence-corrected chi connectivity index (χ2v) is 7.74. The number of hydrogen-bond acceptors (Lipinski definition) is 5. The van der Waals surface area contributed by atoms with Crippen LogP contribution in [0.25, 0.3) is 0 Å². The van der Waals surface area contributed by atoms with E-state index in [-0.39, 0.29) is 29.8 Å². The molecule has 0 radical (unpaired) electrons. The zero-order valence-corrected chi connectivity index (χ0v) is 18.2. The molecule has 0 atom stereocenters. The van der Waals surface area contributed by atoms with E-state index in [1.54, 1.807) is 36.4 Å². The van der Waals surface area contributed by atoms with Crippen LogP contribution in [0.3, 0.4) is 0 Å². The highest BCUT2D eigenvalue weighted by molar-refractivity contribution is 6.31. The van der Waals surface area contributed by atoms with E-state index in [1.165, 1.54) is 6.92 Å². The first-order chi connectivity index (χ1) is 14.7. The summed E-state index contributed by atoms with van der Waals surface area (Å²) in [6, 6.07) is 14.3. The largest absolute Gasteiger partial charge is 0.494 e. The molecule has 7 heteroatoms. The second-order valence-electron chi connectivity index (χ2n) is 7.33. The van der Waals surface area contributed by atoms with E-state index >= 15 is 0 Å². The zero-order chi connectivity index (χ0) is 22.7. The molecule has 3 aromatic rings. The van der Waals surface area contributed by atoms with Crippen molar-refractivity contribution in [1.29, 1.82) is 5.26 Å². The summed E-state index contributed by atoms with van der Waals surface area (Å²) in [5.41, 5.74) is 1.65. The Morgan fingerprint density at radius 3 is 2.42 bits per heavy atom. The molecule has 6 nitrogen and oxygen atoms in total. The van der Waals surface area contributed by atoms with Gasteiger partial charge in [0.1, 0.15) is 17.4 Å². The number of ketones is 1. The van der Waals surface area contributed by atoms with Crippen molar-refractivity contribution < 1.29 is 14.6 Å². The van der Waals surface area contributed by atoms with Gasteiger partial charge in [-0.1, -0.05) is 35.9 Å². The molecule has 0 amide bonds. The van der Waals surface area contributed by atoms with Gasteiger partial charge in [0.05, 0.1) is 12.1 Å². The van der Waals surface area contributed by atoms with Gasteiger partial charge in [0.15, 0.2) is 6.61 Å². The number of halogens is 1. The number of aromatic nitrogens is 1. The number of benzene rings is 2. The third-order valence-electron chi connectivity index (χ3n) is 4.93. The molecule has 0 spiro atoms. The molecule has 1 heterocycles. The van der Waals surface area contributed by atoms with Gasteiger partial charge in [-0.2, -0.15) is 5.26 Å². The van der Waals surface area contributed by atoms with Gasteiger partial charge in [-0.05, 0) is 61.2 Å². The van der Waals surface area contributed by atoms with Gasteiger partial charge in [-0.15, -0.1) is 0 Å². The lowest BCUT2D eigenvalue weighted by molar-refractivity contribution is 0.0916. The van der Waals surface area contributed by atoms with Gasteiger partial charge in [-0.25, -0.2) is 0 Å². The first-order valence-electron chi connectivity index (χ1n) is 9.57. The van der Waals surface area contributed by atoms with Gasteiger partial charge in [-0.3, -0.25) is 14.2 Å². The highest BCUT2D eigenvalue weighted by Crippen LogP contribution is 2.25. The molecule has 31 heavy (non-hydrogen) atoms. The monoisotopic (exact) mass is 436 g/mol. The van der Waals surface area contributed by atoms with Crippen molar-refractivity contribution >= 4 is 17.4 Å². The molecule has 0 saturated heterocycles. The molecule has 0 aliphatic carbocycles. The van der Waals surface area contributed by atoms with Crippen LogP contribution in [-0.2, 0) is 6.54 Å². The molecule has 0 fully saturated rings. The molecule has 0 bridgehead atoms. The first-order valence-corrected chi connectivity index (χ1v) is 9.95. The summed E-state index contributed by atoms with van der Waals surface area (Å²) in [6.45, 7) is 4.86. The fourth-order valence-electron chi connectivity index (χ4n) is 3.47. The van der Waals surface area contributed by atoms with Gasteiger partial charge in [0.25, 0.3) is 5.56 Å². The lowest BCUT2D eigenvalue weighted by Gasteiger charge is -2.16. The van der Waals surface area contributed by atoms with Gasteiger partial charge >= 0.3 is 0 Å². The van der Waals surface area contributed by atoms with Gasteiger partial charge < -0.3 is 9.84 Å². The third-order valence-corrected chi connectivity index (χ3v) is 5.30. The minimum Gasteiger partial charge on any atom is -0.494 e. The summed E-state index contributed by atoms with van der Waals surface area (Å²) >= 11 is 6.18. The minimum absolute atomic E-state index is 0.0858. The standard InChI is InChI=1S/C24H21ClN2O4/c1-14-8-15(2)10-18(9-14)31-13-21(28)22-16(3)19(11-26)23(29)27(24(22)30)12-17-6-4-5-7-20(17)25/h4-10,30H,12-13H2,1-3H3. The lowest BCUT2D eigenvalue weighted by Crippen LogP contribution is -2.28. The number of nitrogens with zero attached hydrogens (tertiary/aromatic N) is 2. The van der Waals surface area contributed by atoms with Crippen LogP contribution in [0.2, 0.25) is 5.02 Å². The summed E-state index contributed by atoms with van der Waals surface area (Å²) in [5, 5.41) is 20.7. The van der Waals surface area contributed by atoms with Crippen LogP contribution in [0.4, 0.5) is 0 Å². The van der Waals surface area contributed by atoms with Crippen LogP contribution >= 0.6 is 11.6 Å². The van der Waals surface area contributed by atoms with Crippen LogP contribution in [0, 0.1) is 32.1 Å². The maximum Gasteiger partial charge on any atom is 0.271 e. The summed E-state index contributed by atoms with van der Waals surface area (Å²) in [5.74, 6) is -0.540. The van der Waals surface area contributed by atoms with Crippen LogP contribution in [-0.4, -0.2) is 22.1 Å². The van der Waals surface area contributed by atoms with Crippen molar-refractivity contribution in [3.63, 3.8) is 0 Å². The van der Waals surface area contributed by atoms with Crippen LogP contribution in [0.1, 0.15) is 38.2 Å². The Balaban J connectivity index is 2.01. The quantitative estimate of drug-likeness (QED) is 0.581. The van der Waals surface area contributed by atoms with Crippen molar-refractivity contribution in [3.8, 4) is 17.7 Å². The van der Waals surface area contributed by atoms with Crippen LogP contribution in [0.5, 0.6) is 11.6 Å². The zero-order valence-electron chi connectivity index (χ0n) is 17.4. The van der Waals surface area contributed by atoms with Gasteiger partial charge in [0, 0.05) is 5.02 Å². The van der Waals surface area contributed by atoms with Crippen molar-refractivity contribution in [2.45, 2.75) is 27.3 Å². The maximum absolute atomic E-state index is 12.9. The summed E-state index contributed by atoms with van der Waals surface area (Å²) in [4.78, 5) is 25.7. The molecule has 0 aliphatic rings. The van der Waals surface area contributed by atoms with Crippen molar-refractivity contribution in [3.05, 3.63) is 91.2 Å². The number of nitriles is 1. The number of Topliss-reactive ketones (excluding diaryl/α,β-unsaturated/α-hetero) is 1. The highest BCUT2D eigenvalue weighted by Gasteiger charge is 2.24. The second kappa shape index (κ2) is 9.07. The maximum atomic E-state index is 12.9. The van der Waals surface area contributed by atoms with E-state index < -0.39 is 17.2 Å². The van der Waals surface area contributed by atoms with Crippen LogP contribution in [0.15, 0.2) is 47.3 Å². The van der Waals surface area contributed by atoms with Crippen molar-refractivity contribution in [2.75, 3.05) is 6.61 Å². The Bertz CT molecular complexity index is 1250. The minimum atomic E-state index is -0.691. The number of aromatic hydroxyl groups is 1. The normalized spacial score (nSPS) is 10.5. The summed E-state index contributed by atoms with van der Waals surface area (Å²) in [6.07, 6.45) is 0. The Morgan fingerprint density at radius 2 is 1.81 bits per heavy atom. The molecule has 1 aromatic heterocycles. The highest BCUT2D eigenvalue weighted by atomic mass is 35.5. The fraction of sp³-hybridized carbons (Fsp3) is 0.208. The number of carbonyl (C=O) groups is 1. The Kier molecular flexibility index (Phi) is 6.47. The van der Waals surface area contributed by atoms with Crippen LogP contribution < -0.4 is 10.3 Å². The predicted octanol–water partition coefficient (Wildman–Crippen LogP) is 4.31. The Morgan fingerprint density at radius 1 is 1.16 bits per heavy atom. The van der Waals surface area contributed by atoms with E-state index in [1.807, 2.05) is 26.0 Å². The Labute approximate surface area is 184 Å². The van der Waals surface area contributed by atoms with E-state index in [4.69, 9.17) is 16.3 Å². The third kappa shape index (κ3) is 4.62. The van der Waals surface area contributed by atoms with Crippen molar-refractivity contribution in [1.82, 2.24) is 4.57 Å². The van der Waals surface area contributed by atoms with E-state index in [0.717, 1.165) is 15.7 Å². The average molecular weight is 437 g/mol. The first kappa shape index (κ1) is 22.1. The fourth-order valence-corrected chi connectivity index (χ4v) is 3.66. The summed E-state index contributed by atoms with van der Waals surface area (Å²) in [7, 11) is 0. The molecular weight excluding hydrogens is 416 g/mol. The molecule has 2 aromatic carbocycles. The number of carbonyl (C=O) groups excluding carboxylic acids is 1. The number of hydrogen-bond donors (Lipinski definition) is 1. The number of pyridine rings is 1. The van der Waals surface area contributed by atoms with E-state index in [9.17, 15) is 20.0 Å². The van der Waals surface area contributed by atoms with Crippen molar-refractivity contribution in [2.24, 2.45) is 0 Å². The van der Waals surface area contributed by atoms with E-state index in [0.29, 0.717) is 16.3 Å². The topological polar surface area (TPSA) is 92.3 Å². The number of ether oxygens (including phenoxy) is 1. The average Bonchev–Trinajstić information content (AvgIpc) is 2.70. The smallest absolute Gasteiger partial charge is 0.271 e. The summed E-state index contributed by atoms with van der Waals surface area (Å²) < 4.78 is 6.61. The lowest BCUT2D eigenvalue weighted by atomic mass is 10.0. The molecule has 0 aliphatic heterocycles. The Hall–Kier alpha value is -3.56.